The lowest BCUT2D eigenvalue weighted by molar-refractivity contribution is 0.0918. The maximum Gasteiger partial charge on any atom is 0.202 e. The molecule has 0 aliphatic rings. The summed E-state index contributed by atoms with van der Waals surface area (Å²) in [5.41, 5.74) is 3.32. The number of aromatic nitrogens is 2. The van der Waals surface area contributed by atoms with E-state index < -0.39 is 6.10 Å². The number of benzene rings is 2. The number of imidazole rings is 1. The van der Waals surface area contributed by atoms with Gasteiger partial charge in [-0.15, -0.1) is 0 Å². The van der Waals surface area contributed by atoms with Gasteiger partial charge in [0.15, 0.2) is 0 Å². The number of aliphatic hydroxyl groups is 1. The van der Waals surface area contributed by atoms with Crippen molar-refractivity contribution in [3.8, 4) is 5.75 Å². The van der Waals surface area contributed by atoms with Gasteiger partial charge < -0.3 is 19.0 Å². The van der Waals surface area contributed by atoms with Gasteiger partial charge in [0, 0.05) is 7.05 Å². The number of hydrogen-bond donors (Lipinski definition) is 2. The summed E-state index contributed by atoms with van der Waals surface area (Å²) < 4.78 is 9.31. The quantitative estimate of drug-likeness (QED) is 0.759. The van der Waals surface area contributed by atoms with Gasteiger partial charge in [-0.2, -0.15) is 0 Å². The van der Waals surface area contributed by atoms with Crippen LogP contribution < -0.4 is 10.4 Å². The molecule has 0 amide bonds. The molecule has 1 heterocycles. The molecule has 1 unspecified atom stereocenters. The van der Waals surface area contributed by atoms with Crippen molar-refractivity contribution in [1.82, 2.24) is 9.13 Å². The number of aryl methyl sites for hydroxylation is 2. The van der Waals surface area contributed by atoms with Crippen LogP contribution in [0.5, 0.6) is 5.75 Å². The van der Waals surface area contributed by atoms with Gasteiger partial charge in [0.2, 0.25) is 5.62 Å². The first-order chi connectivity index (χ1) is 11.1. The molecule has 0 radical (unpaired) electrons. The highest BCUT2D eigenvalue weighted by Gasteiger charge is 2.13. The lowest BCUT2D eigenvalue weighted by Gasteiger charge is -2.14. The number of nitrogens with zero attached hydrogens (tertiary/aromatic N) is 2. The van der Waals surface area contributed by atoms with Crippen LogP contribution in [0.3, 0.4) is 0 Å². The summed E-state index contributed by atoms with van der Waals surface area (Å²) in [6, 6.07) is 15.6. The van der Waals surface area contributed by atoms with E-state index in [1.165, 1.54) is 0 Å². The molecule has 5 heteroatoms. The zero-order chi connectivity index (χ0) is 16.4. The van der Waals surface area contributed by atoms with Gasteiger partial charge in [0.05, 0.1) is 17.6 Å². The maximum atomic E-state index is 10.3. The van der Waals surface area contributed by atoms with Gasteiger partial charge in [0.25, 0.3) is 0 Å². The van der Waals surface area contributed by atoms with E-state index in [0.717, 1.165) is 22.3 Å². The Labute approximate surface area is 134 Å². The molecule has 120 valence electrons. The lowest BCUT2D eigenvalue weighted by atomic mass is 10.2. The minimum absolute atomic E-state index is 0.195. The predicted molar refractivity (Wildman–Crippen MR) is 89.4 cm³/mol. The SMILES string of the molecule is Cc1ccccc1OCC(O)Cn1c(=N)n(C)c2ccccc21. The molecular weight excluding hydrogens is 290 g/mol. The Morgan fingerprint density at radius 1 is 1.09 bits per heavy atom. The Bertz CT molecular complexity index is 879. The van der Waals surface area contributed by atoms with Crippen molar-refractivity contribution >= 4 is 11.0 Å². The highest BCUT2D eigenvalue weighted by molar-refractivity contribution is 5.75. The first-order valence-corrected chi connectivity index (χ1v) is 7.63. The first-order valence-electron chi connectivity index (χ1n) is 7.63. The molecule has 2 aromatic carbocycles. The van der Waals surface area contributed by atoms with Crippen molar-refractivity contribution in [3.63, 3.8) is 0 Å². The smallest absolute Gasteiger partial charge is 0.202 e. The van der Waals surface area contributed by atoms with Crippen molar-refractivity contribution in [3.05, 3.63) is 59.7 Å². The Morgan fingerprint density at radius 2 is 1.74 bits per heavy atom. The highest BCUT2D eigenvalue weighted by atomic mass is 16.5. The van der Waals surface area contributed by atoms with Crippen molar-refractivity contribution in [1.29, 1.82) is 5.41 Å². The molecule has 3 rings (SSSR count). The van der Waals surface area contributed by atoms with Crippen LogP contribution >= 0.6 is 0 Å². The number of ether oxygens (including phenoxy) is 1. The van der Waals surface area contributed by atoms with Crippen LogP contribution in [0.15, 0.2) is 48.5 Å². The van der Waals surface area contributed by atoms with E-state index in [1.807, 2.05) is 67.1 Å². The molecule has 0 saturated heterocycles. The van der Waals surface area contributed by atoms with E-state index >= 15 is 0 Å². The monoisotopic (exact) mass is 311 g/mol. The van der Waals surface area contributed by atoms with Gasteiger partial charge in [-0.25, -0.2) is 0 Å². The standard InChI is InChI=1S/C18H21N3O2/c1-13-7-3-6-10-17(13)23-12-14(22)11-21-16-9-5-4-8-15(16)20(2)18(21)19/h3-10,14,19,22H,11-12H2,1-2H3. The Kier molecular flexibility index (Phi) is 4.21. The van der Waals surface area contributed by atoms with E-state index in [1.54, 1.807) is 4.57 Å². The zero-order valence-electron chi connectivity index (χ0n) is 13.4. The van der Waals surface area contributed by atoms with Crippen molar-refractivity contribution in [2.24, 2.45) is 7.05 Å². The molecule has 23 heavy (non-hydrogen) atoms. The second kappa shape index (κ2) is 6.30. The summed E-state index contributed by atoms with van der Waals surface area (Å²) in [6.07, 6.45) is -0.686. The number of aliphatic hydroxyl groups excluding tert-OH is 1. The third-order valence-electron chi connectivity index (χ3n) is 4.03. The fourth-order valence-electron chi connectivity index (χ4n) is 2.74. The summed E-state index contributed by atoms with van der Waals surface area (Å²) in [7, 11) is 1.86. The van der Waals surface area contributed by atoms with Crippen LogP contribution in [-0.4, -0.2) is 27.0 Å². The van der Waals surface area contributed by atoms with Crippen molar-refractivity contribution in [2.75, 3.05) is 6.61 Å². The van der Waals surface area contributed by atoms with Crippen LogP contribution in [0.25, 0.3) is 11.0 Å². The number of rotatable bonds is 5. The van der Waals surface area contributed by atoms with Gasteiger partial charge in [-0.05, 0) is 30.7 Å². The average Bonchev–Trinajstić information content (AvgIpc) is 2.80. The second-order valence-corrected chi connectivity index (χ2v) is 5.71. The van der Waals surface area contributed by atoms with Crippen LogP contribution in [-0.2, 0) is 13.6 Å². The predicted octanol–water partition coefficient (Wildman–Crippen LogP) is 2.21. The molecule has 1 atom stereocenters. The summed E-state index contributed by atoms with van der Waals surface area (Å²) in [6.45, 7) is 2.50. The molecule has 0 bridgehead atoms. The van der Waals surface area contributed by atoms with E-state index in [-0.39, 0.29) is 6.61 Å². The number of hydrogen-bond acceptors (Lipinski definition) is 3. The van der Waals surface area contributed by atoms with E-state index in [9.17, 15) is 5.11 Å². The highest BCUT2D eigenvalue weighted by Crippen LogP contribution is 2.17. The van der Waals surface area contributed by atoms with Gasteiger partial charge in [0.1, 0.15) is 18.5 Å². The molecule has 0 fully saturated rings. The first kappa shape index (κ1) is 15.4. The maximum absolute atomic E-state index is 10.3. The average molecular weight is 311 g/mol. The van der Waals surface area contributed by atoms with Crippen LogP contribution in [0.4, 0.5) is 0 Å². The summed E-state index contributed by atoms with van der Waals surface area (Å²) >= 11 is 0. The number of fused-ring (bicyclic) bond motifs is 1. The molecule has 2 N–H and O–H groups in total. The molecule has 3 aromatic rings. The molecular formula is C18H21N3O2. The van der Waals surface area contributed by atoms with Crippen LogP contribution in [0.1, 0.15) is 5.56 Å². The second-order valence-electron chi connectivity index (χ2n) is 5.71. The van der Waals surface area contributed by atoms with Crippen LogP contribution in [0, 0.1) is 12.3 Å². The van der Waals surface area contributed by atoms with Crippen molar-refractivity contribution < 1.29 is 9.84 Å². The number of nitrogens with one attached hydrogen (secondary N) is 1. The molecule has 0 spiro atoms. The van der Waals surface area contributed by atoms with Crippen LogP contribution in [0.2, 0.25) is 0 Å². The normalized spacial score (nSPS) is 12.5. The van der Waals surface area contributed by atoms with Gasteiger partial charge >= 0.3 is 0 Å². The third kappa shape index (κ3) is 3.00. The van der Waals surface area contributed by atoms with Gasteiger partial charge in [-0.3, -0.25) is 5.41 Å². The fourth-order valence-corrected chi connectivity index (χ4v) is 2.74. The lowest BCUT2D eigenvalue weighted by Crippen LogP contribution is -2.30. The molecule has 1 aromatic heterocycles. The zero-order valence-corrected chi connectivity index (χ0v) is 13.4. The Balaban J connectivity index is 1.76. The van der Waals surface area contributed by atoms with E-state index in [2.05, 4.69) is 0 Å². The minimum Gasteiger partial charge on any atom is -0.491 e. The number of para-hydroxylation sites is 3. The van der Waals surface area contributed by atoms with E-state index in [0.29, 0.717) is 12.2 Å². The largest absolute Gasteiger partial charge is 0.491 e. The van der Waals surface area contributed by atoms with Crippen molar-refractivity contribution in [2.45, 2.75) is 19.6 Å². The fraction of sp³-hybridized carbons (Fsp3) is 0.278. The topological polar surface area (TPSA) is 63.2 Å². The minimum atomic E-state index is -0.686. The molecule has 0 saturated carbocycles. The summed E-state index contributed by atoms with van der Waals surface area (Å²) in [4.78, 5) is 0. The van der Waals surface area contributed by atoms with E-state index in [4.69, 9.17) is 10.1 Å². The summed E-state index contributed by atoms with van der Waals surface area (Å²) in [5.74, 6) is 0.778. The summed E-state index contributed by atoms with van der Waals surface area (Å²) in [5, 5.41) is 18.5. The molecule has 5 nitrogen and oxygen atoms in total. The Hall–Kier alpha value is -2.53. The molecule has 0 aliphatic carbocycles. The Morgan fingerprint density at radius 3 is 2.48 bits per heavy atom. The van der Waals surface area contributed by atoms with Gasteiger partial charge in [-0.1, -0.05) is 30.3 Å². The third-order valence-corrected chi connectivity index (χ3v) is 4.03. The molecule has 0 aliphatic heterocycles.